The van der Waals surface area contributed by atoms with E-state index in [1.807, 2.05) is 84.9 Å². The van der Waals surface area contributed by atoms with Gasteiger partial charge in [0.05, 0.1) is 19.0 Å². The minimum atomic E-state index is -0.506. The summed E-state index contributed by atoms with van der Waals surface area (Å²) in [6, 6.07) is 26.5. The van der Waals surface area contributed by atoms with E-state index in [1.165, 1.54) is 6.21 Å². The van der Waals surface area contributed by atoms with E-state index < -0.39 is 5.91 Å². The topological polar surface area (TPSA) is 81.4 Å². The molecule has 148 valence electrons. The largest absolute Gasteiger partial charge is 0.496 e. The smallest absolute Gasteiger partial charge is 0.311 e. The van der Waals surface area contributed by atoms with E-state index in [2.05, 4.69) is 20.6 Å². The number of carbonyl (C=O) groups excluding carboxylic acids is 1. The van der Waals surface area contributed by atoms with Crippen molar-refractivity contribution in [2.75, 3.05) is 7.11 Å². The van der Waals surface area contributed by atoms with Gasteiger partial charge in [-0.1, -0.05) is 60.7 Å². The van der Waals surface area contributed by atoms with Crippen molar-refractivity contribution in [1.29, 1.82) is 0 Å². The molecule has 0 unspecified atom stereocenters. The summed E-state index contributed by atoms with van der Waals surface area (Å²) in [6.45, 7) is 0. The highest BCUT2D eigenvalue weighted by Crippen LogP contribution is 2.21. The van der Waals surface area contributed by atoms with Crippen LogP contribution in [0.4, 0.5) is 0 Å². The number of hydrogen-bond acceptors (Lipinski definition) is 5. The van der Waals surface area contributed by atoms with Gasteiger partial charge in [0.1, 0.15) is 5.75 Å². The first-order chi connectivity index (χ1) is 14.8. The molecule has 1 amide bonds. The van der Waals surface area contributed by atoms with Crippen molar-refractivity contribution in [2.24, 2.45) is 5.10 Å². The second-order valence-corrected chi connectivity index (χ2v) is 6.31. The van der Waals surface area contributed by atoms with E-state index in [1.54, 1.807) is 11.8 Å². The number of para-hydroxylation sites is 2. The molecule has 1 heterocycles. The van der Waals surface area contributed by atoms with Gasteiger partial charge >= 0.3 is 5.91 Å². The van der Waals surface area contributed by atoms with Crippen LogP contribution in [0.1, 0.15) is 16.2 Å². The first-order valence-electron chi connectivity index (χ1n) is 9.30. The van der Waals surface area contributed by atoms with Crippen LogP contribution >= 0.6 is 0 Å². The van der Waals surface area contributed by atoms with Gasteiger partial charge in [0.15, 0.2) is 5.82 Å². The highest BCUT2D eigenvalue weighted by molar-refractivity contribution is 5.92. The van der Waals surface area contributed by atoms with Crippen molar-refractivity contribution in [3.63, 3.8) is 0 Å². The van der Waals surface area contributed by atoms with E-state index in [0.29, 0.717) is 11.6 Å². The van der Waals surface area contributed by atoms with Crippen LogP contribution < -0.4 is 10.2 Å². The zero-order chi connectivity index (χ0) is 20.8. The Bertz CT molecular complexity index is 1110. The number of aromatic nitrogens is 3. The Morgan fingerprint density at radius 2 is 1.63 bits per heavy atom. The lowest BCUT2D eigenvalue weighted by atomic mass is 10.2. The summed E-state index contributed by atoms with van der Waals surface area (Å²) in [5, 5.41) is 8.43. The molecule has 0 bridgehead atoms. The molecule has 0 aliphatic heterocycles. The van der Waals surface area contributed by atoms with Crippen LogP contribution in [-0.4, -0.2) is 34.0 Å². The van der Waals surface area contributed by atoms with Gasteiger partial charge in [-0.3, -0.25) is 4.79 Å². The summed E-state index contributed by atoms with van der Waals surface area (Å²) in [7, 11) is 1.58. The van der Waals surface area contributed by atoms with Crippen LogP contribution in [0.25, 0.3) is 17.1 Å². The summed E-state index contributed by atoms with van der Waals surface area (Å²) in [4.78, 5) is 17.1. The number of nitrogens with one attached hydrogen (secondary N) is 1. The monoisotopic (exact) mass is 397 g/mol. The number of hydrogen-bond donors (Lipinski definition) is 1. The molecule has 1 aromatic heterocycles. The molecule has 0 spiro atoms. The second-order valence-electron chi connectivity index (χ2n) is 6.31. The van der Waals surface area contributed by atoms with Gasteiger partial charge in [0, 0.05) is 11.1 Å². The molecule has 3 aromatic carbocycles. The molecule has 4 rings (SSSR count). The van der Waals surface area contributed by atoms with Crippen LogP contribution in [0.2, 0.25) is 0 Å². The lowest BCUT2D eigenvalue weighted by molar-refractivity contribution is 0.0945. The molecule has 1 N–H and O–H groups in total. The number of nitrogens with zero attached hydrogens (tertiary/aromatic N) is 4. The van der Waals surface area contributed by atoms with E-state index in [9.17, 15) is 4.79 Å². The number of rotatable bonds is 6. The quantitative estimate of drug-likeness (QED) is 0.397. The SMILES string of the molecule is COc1ccccc1/C=N/NC(=O)c1nc(-c2ccccc2)n(-c2ccccc2)n1. The Morgan fingerprint density at radius 3 is 2.37 bits per heavy atom. The van der Waals surface area contributed by atoms with Crippen LogP contribution in [-0.2, 0) is 0 Å². The molecule has 7 heteroatoms. The minimum absolute atomic E-state index is 0.0230. The summed E-state index contributed by atoms with van der Waals surface area (Å²) >= 11 is 0. The van der Waals surface area contributed by atoms with Gasteiger partial charge in [-0.15, -0.1) is 5.10 Å². The third kappa shape index (κ3) is 4.10. The predicted octanol–water partition coefficient (Wildman–Crippen LogP) is 3.71. The number of methoxy groups -OCH3 is 1. The van der Waals surface area contributed by atoms with Crippen molar-refractivity contribution >= 4 is 12.1 Å². The standard InChI is InChI=1S/C23H19N5O2/c1-30-20-15-9-8-12-18(20)16-24-26-23(29)21-25-22(17-10-4-2-5-11-17)28(27-21)19-13-6-3-7-14-19/h2-16H,1H3,(H,26,29)/b24-16+. The zero-order valence-corrected chi connectivity index (χ0v) is 16.3. The zero-order valence-electron chi connectivity index (χ0n) is 16.3. The average Bonchev–Trinajstić information content (AvgIpc) is 3.26. The van der Waals surface area contributed by atoms with E-state index >= 15 is 0 Å². The first-order valence-corrected chi connectivity index (χ1v) is 9.30. The van der Waals surface area contributed by atoms with Gasteiger partial charge < -0.3 is 4.74 Å². The molecule has 7 nitrogen and oxygen atoms in total. The van der Waals surface area contributed by atoms with Crippen LogP contribution in [0.15, 0.2) is 90.0 Å². The molecule has 4 aromatic rings. The Morgan fingerprint density at radius 1 is 0.967 bits per heavy atom. The molecule has 0 saturated heterocycles. The molecule has 0 aliphatic carbocycles. The van der Waals surface area contributed by atoms with Crippen molar-refractivity contribution < 1.29 is 9.53 Å². The fourth-order valence-electron chi connectivity index (χ4n) is 2.92. The molecule has 0 radical (unpaired) electrons. The van der Waals surface area contributed by atoms with Crippen molar-refractivity contribution in [2.45, 2.75) is 0 Å². The average molecular weight is 397 g/mol. The van der Waals surface area contributed by atoms with E-state index in [4.69, 9.17) is 4.74 Å². The Hall–Kier alpha value is -4.26. The lowest BCUT2D eigenvalue weighted by Gasteiger charge is -2.05. The maximum Gasteiger partial charge on any atom is 0.311 e. The lowest BCUT2D eigenvalue weighted by Crippen LogP contribution is -2.19. The van der Waals surface area contributed by atoms with Gasteiger partial charge in [-0.2, -0.15) is 5.10 Å². The van der Waals surface area contributed by atoms with Gasteiger partial charge in [0.25, 0.3) is 0 Å². The first kappa shape index (κ1) is 19.1. The van der Waals surface area contributed by atoms with Gasteiger partial charge in [0.2, 0.25) is 5.82 Å². The van der Waals surface area contributed by atoms with Crippen LogP contribution in [0.3, 0.4) is 0 Å². The van der Waals surface area contributed by atoms with Crippen molar-refractivity contribution in [3.8, 4) is 22.8 Å². The maximum atomic E-state index is 12.6. The van der Waals surface area contributed by atoms with Crippen LogP contribution in [0.5, 0.6) is 5.75 Å². The molecule has 0 saturated carbocycles. The fourth-order valence-corrected chi connectivity index (χ4v) is 2.92. The summed E-state index contributed by atoms with van der Waals surface area (Å²) < 4.78 is 6.92. The summed E-state index contributed by atoms with van der Waals surface area (Å²) in [6.07, 6.45) is 1.52. The third-order valence-corrected chi connectivity index (χ3v) is 4.35. The molecular formula is C23H19N5O2. The van der Waals surface area contributed by atoms with E-state index in [0.717, 1.165) is 16.8 Å². The van der Waals surface area contributed by atoms with Crippen molar-refractivity contribution in [3.05, 3.63) is 96.3 Å². The molecule has 0 fully saturated rings. The van der Waals surface area contributed by atoms with Gasteiger partial charge in [-0.25, -0.2) is 15.1 Å². The van der Waals surface area contributed by atoms with Gasteiger partial charge in [-0.05, 0) is 24.3 Å². The highest BCUT2D eigenvalue weighted by Gasteiger charge is 2.18. The third-order valence-electron chi connectivity index (χ3n) is 4.35. The molecule has 0 aliphatic rings. The molecule has 30 heavy (non-hydrogen) atoms. The minimum Gasteiger partial charge on any atom is -0.496 e. The summed E-state index contributed by atoms with van der Waals surface area (Å²) in [5.74, 6) is 0.747. The number of benzene rings is 3. The van der Waals surface area contributed by atoms with E-state index in [-0.39, 0.29) is 5.82 Å². The Labute approximate surface area is 173 Å². The van der Waals surface area contributed by atoms with Crippen LogP contribution in [0, 0.1) is 0 Å². The summed E-state index contributed by atoms with van der Waals surface area (Å²) in [5.41, 5.74) is 4.88. The molecular weight excluding hydrogens is 378 g/mol. The number of amides is 1. The number of carbonyl (C=O) groups is 1. The van der Waals surface area contributed by atoms with Crippen molar-refractivity contribution in [1.82, 2.24) is 20.2 Å². The second kappa shape index (κ2) is 8.83. The maximum absolute atomic E-state index is 12.6. The number of hydrazone groups is 1. The Balaban J connectivity index is 1.62. The number of ether oxygens (including phenoxy) is 1. The predicted molar refractivity (Wildman–Crippen MR) is 115 cm³/mol. The normalized spacial score (nSPS) is 10.8. The molecule has 0 atom stereocenters. The highest BCUT2D eigenvalue weighted by atomic mass is 16.5. The fraction of sp³-hybridized carbons (Fsp3) is 0.0435. The Kier molecular flexibility index (Phi) is 5.61.